The van der Waals surface area contributed by atoms with E-state index in [-0.39, 0.29) is 23.7 Å². The maximum absolute atomic E-state index is 14.0. The molecule has 3 aromatic rings. The number of nitrogens with one attached hydrogen (secondary N) is 1. The second-order valence-electron chi connectivity index (χ2n) is 7.10. The van der Waals surface area contributed by atoms with Crippen molar-refractivity contribution in [3.63, 3.8) is 0 Å². The summed E-state index contributed by atoms with van der Waals surface area (Å²) in [5, 5.41) is 0.897. The number of hydrogen-bond donors (Lipinski definition) is 1. The molecule has 28 heavy (non-hydrogen) atoms. The Bertz CT molecular complexity index is 1090. The van der Waals surface area contributed by atoms with Crippen LogP contribution < -0.4 is 5.56 Å². The second kappa shape index (κ2) is 7.56. The molecule has 0 saturated carbocycles. The summed E-state index contributed by atoms with van der Waals surface area (Å²) in [5.41, 5.74) is 2.63. The van der Waals surface area contributed by atoms with E-state index in [4.69, 9.17) is 4.74 Å². The molecule has 1 aromatic heterocycles. The summed E-state index contributed by atoms with van der Waals surface area (Å²) in [4.78, 5) is 29.1. The normalized spacial score (nSPS) is 17.1. The molecule has 1 aliphatic heterocycles. The minimum absolute atomic E-state index is 0.0230. The smallest absolute Gasteiger partial charge is 0.251 e. The number of nitrogens with zero attached hydrogens (tertiary/aromatic N) is 1. The Balaban J connectivity index is 1.50. The first-order chi connectivity index (χ1) is 13.5. The van der Waals surface area contributed by atoms with Crippen molar-refractivity contribution < 1.29 is 13.9 Å². The molecule has 6 heteroatoms. The Hall–Kier alpha value is -2.99. The first-order valence-electron chi connectivity index (χ1n) is 9.27. The van der Waals surface area contributed by atoms with Gasteiger partial charge in [-0.05, 0) is 42.1 Å². The van der Waals surface area contributed by atoms with Crippen LogP contribution in [-0.4, -0.2) is 35.5 Å². The molecule has 2 heterocycles. The van der Waals surface area contributed by atoms with Crippen LogP contribution in [0, 0.1) is 12.7 Å². The van der Waals surface area contributed by atoms with Gasteiger partial charge in [0.1, 0.15) is 11.9 Å². The highest BCUT2D eigenvalue weighted by atomic mass is 19.1. The number of pyridine rings is 1. The van der Waals surface area contributed by atoms with Gasteiger partial charge in [-0.3, -0.25) is 9.59 Å². The first-order valence-corrected chi connectivity index (χ1v) is 9.27. The van der Waals surface area contributed by atoms with Crippen molar-refractivity contribution in [3.8, 4) is 0 Å². The number of carbonyl (C=O) groups is 1. The Morgan fingerprint density at radius 3 is 2.89 bits per heavy atom. The zero-order valence-electron chi connectivity index (χ0n) is 15.6. The van der Waals surface area contributed by atoms with Crippen molar-refractivity contribution in [1.29, 1.82) is 0 Å². The van der Waals surface area contributed by atoms with Gasteiger partial charge in [0.2, 0.25) is 5.91 Å². The quantitative estimate of drug-likeness (QED) is 0.759. The lowest BCUT2D eigenvalue weighted by Crippen LogP contribution is -2.43. The van der Waals surface area contributed by atoms with Gasteiger partial charge in [0, 0.05) is 23.2 Å². The number of morpholine rings is 1. The molecule has 0 radical (unpaired) electrons. The molecule has 1 amide bonds. The fourth-order valence-corrected chi connectivity index (χ4v) is 3.56. The maximum Gasteiger partial charge on any atom is 0.251 e. The Morgan fingerprint density at radius 1 is 1.25 bits per heavy atom. The van der Waals surface area contributed by atoms with E-state index in [1.165, 1.54) is 6.07 Å². The van der Waals surface area contributed by atoms with Crippen molar-refractivity contribution in [2.24, 2.45) is 0 Å². The highest BCUT2D eigenvalue weighted by molar-refractivity contribution is 5.83. The third-order valence-electron chi connectivity index (χ3n) is 5.12. The summed E-state index contributed by atoms with van der Waals surface area (Å²) in [6.07, 6.45) is -0.207. The number of rotatable bonds is 3. The van der Waals surface area contributed by atoms with E-state index in [1.807, 2.05) is 24.3 Å². The summed E-state index contributed by atoms with van der Waals surface area (Å²) in [5.74, 6) is -0.342. The largest absolute Gasteiger partial charge is 0.370 e. The van der Waals surface area contributed by atoms with Gasteiger partial charge < -0.3 is 14.6 Å². The van der Waals surface area contributed by atoms with Crippen LogP contribution in [0.5, 0.6) is 0 Å². The molecule has 2 aromatic carbocycles. The highest BCUT2D eigenvalue weighted by Gasteiger charge is 2.27. The lowest BCUT2D eigenvalue weighted by atomic mass is 10.0. The number of aryl methyl sites for hydroxylation is 1. The summed E-state index contributed by atoms with van der Waals surface area (Å²) in [6, 6.07) is 13.9. The Labute approximate surface area is 161 Å². The zero-order chi connectivity index (χ0) is 19.7. The minimum atomic E-state index is -0.455. The molecule has 1 N–H and O–H groups in total. The predicted octanol–water partition coefficient (Wildman–Crippen LogP) is 3.12. The second-order valence-corrected chi connectivity index (χ2v) is 7.10. The summed E-state index contributed by atoms with van der Waals surface area (Å²) >= 11 is 0. The average Bonchev–Trinajstić information content (AvgIpc) is 2.69. The van der Waals surface area contributed by atoms with Gasteiger partial charge in [0.15, 0.2) is 0 Å². The number of aromatic amines is 1. The van der Waals surface area contributed by atoms with Gasteiger partial charge in [-0.25, -0.2) is 4.39 Å². The lowest BCUT2D eigenvalue weighted by molar-refractivity contribution is -0.138. The SMILES string of the molecule is Cc1cc2cc(CC(=O)N3CCOC(c4ccccc4F)C3)ccc2[nH]c1=O. The molecule has 144 valence electrons. The van der Waals surface area contributed by atoms with Crippen LogP contribution in [0.15, 0.2) is 53.3 Å². The number of hydrogen-bond acceptors (Lipinski definition) is 3. The first kappa shape index (κ1) is 18.4. The molecule has 0 bridgehead atoms. The standard InChI is InChI=1S/C22H21FN2O3/c1-14-10-16-11-15(6-7-19(16)24-22(14)27)12-21(26)25-8-9-28-20(13-25)17-4-2-3-5-18(17)23/h2-7,10-11,20H,8-9,12-13H2,1H3,(H,24,27). The fraction of sp³-hybridized carbons (Fsp3) is 0.273. The number of fused-ring (bicyclic) bond motifs is 1. The van der Waals surface area contributed by atoms with Crippen LogP contribution in [0.3, 0.4) is 0 Å². The van der Waals surface area contributed by atoms with Gasteiger partial charge in [-0.2, -0.15) is 0 Å². The number of carbonyl (C=O) groups excluding carboxylic acids is 1. The molecule has 4 rings (SSSR count). The van der Waals surface area contributed by atoms with Gasteiger partial charge in [0.05, 0.1) is 19.6 Å². The van der Waals surface area contributed by atoms with E-state index < -0.39 is 6.10 Å². The molecule has 1 saturated heterocycles. The van der Waals surface area contributed by atoms with Crippen molar-refractivity contribution in [2.75, 3.05) is 19.7 Å². The number of ether oxygens (including phenoxy) is 1. The van der Waals surface area contributed by atoms with E-state index in [1.54, 1.807) is 30.0 Å². The number of amides is 1. The van der Waals surface area contributed by atoms with Gasteiger partial charge in [0.25, 0.3) is 5.56 Å². The topological polar surface area (TPSA) is 62.4 Å². The molecule has 0 aliphatic carbocycles. The molecular formula is C22H21FN2O3. The van der Waals surface area contributed by atoms with Gasteiger partial charge >= 0.3 is 0 Å². The number of halogens is 1. The van der Waals surface area contributed by atoms with Crippen LogP contribution in [0.25, 0.3) is 10.9 Å². The van der Waals surface area contributed by atoms with Crippen molar-refractivity contribution in [2.45, 2.75) is 19.4 Å². The number of H-pyrrole nitrogens is 1. The number of benzene rings is 2. The molecule has 1 fully saturated rings. The van der Waals surface area contributed by atoms with E-state index in [2.05, 4.69) is 4.98 Å². The van der Waals surface area contributed by atoms with Crippen LogP contribution >= 0.6 is 0 Å². The summed E-state index contributed by atoms with van der Waals surface area (Å²) < 4.78 is 19.7. The summed E-state index contributed by atoms with van der Waals surface area (Å²) in [6.45, 7) is 2.96. The maximum atomic E-state index is 14.0. The van der Waals surface area contributed by atoms with Crippen LogP contribution in [0.4, 0.5) is 4.39 Å². The molecule has 1 unspecified atom stereocenters. The molecular weight excluding hydrogens is 359 g/mol. The molecule has 1 aliphatic rings. The van der Waals surface area contributed by atoms with Gasteiger partial charge in [-0.1, -0.05) is 24.3 Å². The van der Waals surface area contributed by atoms with Crippen LogP contribution in [0.2, 0.25) is 0 Å². The highest BCUT2D eigenvalue weighted by Crippen LogP contribution is 2.25. The van der Waals surface area contributed by atoms with Crippen molar-refractivity contribution >= 4 is 16.8 Å². The molecule has 1 atom stereocenters. The minimum Gasteiger partial charge on any atom is -0.370 e. The monoisotopic (exact) mass is 380 g/mol. The Morgan fingerprint density at radius 2 is 2.07 bits per heavy atom. The third kappa shape index (κ3) is 3.68. The van der Waals surface area contributed by atoms with E-state index in [0.29, 0.717) is 30.8 Å². The molecule has 5 nitrogen and oxygen atoms in total. The lowest BCUT2D eigenvalue weighted by Gasteiger charge is -2.33. The van der Waals surface area contributed by atoms with Crippen molar-refractivity contribution in [1.82, 2.24) is 9.88 Å². The average molecular weight is 380 g/mol. The predicted molar refractivity (Wildman–Crippen MR) is 105 cm³/mol. The van der Waals surface area contributed by atoms with E-state index in [9.17, 15) is 14.0 Å². The van der Waals surface area contributed by atoms with E-state index >= 15 is 0 Å². The van der Waals surface area contributed by atoms with Crippen molar-refractivity contribution in [3.05, 3.63) is 81.4 Å². The fourth-order valence-electron chi connectivity index (χ4n) is 3.56. The number of aromatic nitrogens is 1. The summed E-state index contributed by atoms with van der Waals surface area (Å²) in [7, 11) is 0. The van der Waals surface area contributed by atoms with Gasteiger partial charge in [-0.15, -0.1) is 0 Å². The van der Waals surface area contributed by atoms with Crippen LogP contribution in [0.1, 0.15) is 22.8 Å². The van der Waals surface area contributed by atoms with Crippen LogP contribution in [-0.2, 0) is 16.0 Å². The van der Waals surface area contributed by atoms with E-state index in [0.717, 1.165) is 16.5 Å². The molecule has 0 spiro atoms. The Kier molecular flexibility index (Phi) is 4.96. The third-order valence-corrected chi connectivity index (χ3v) is 5.12. The zero-order valence-corrected chi connectivity index (χ0v) is 15.6.